The molecule has 0 fully saturated rings. The average molecular weight is 912 g/mol. The van der Waals surface area contributed by atoms with Gasteiger partial charge in [0.05, 0.1) is 38.4 Å². The van der Waals surface area contributed by atoms with Crippen LogP contribution in [0.3, 0.4) is 0 Å². The molecule has 0 aromatic heterocycles. The van der Waals surface area contributed by atoms with Gasteiger partial charge in [0, 0.05) is 106 Å². The van der Waals surface area contributed by atoms with E-state index in [0.717, 1.165) is 12.8 Å². The van der Waals surface area contributed by atoms with E-state index in [9.17, 15) is 0 Å². The second-order valence-corrected chi connectivity index (χ2v) is 9.13. The molecule has 0 aliphatic rings. The second kappa shape index (κ2) is 21.6. The van der Waals surface area contributed by atoms with Crippen molar-refractivity contribution >= 4 is 8.53 Å². The first-order chi connectivity index (χ1) is 15.3. The number of hydrogen-bond acceptors (Lipinski definition) is 8. The molecule has 182 valence electrons. The smallest absolute Gasteiger partial charge is 0.259 e. The van der Waals surface area contributed by atoms with Crippen LogP contribution in [0.15, 0.2) is 24.3 Å². The summed E-state index contributed by atoms with van der Waals surface area (Å²) in [6, 6.07) is 9.11. The molecule has 0 heterocycles. The zero-order valence-corrected chi connectivity index (χ0v) is 30.5. The molecule has 0 amide bonds. The van der Waals surface area contributed by atoms with Gasteiger partial charge in [-0.05, 0) is 59.1 Å². The zero-order valence-electron chi connectivity index (χ0n) is 21.1. The summed E-state index contributed by atoms with van der Waals surface area (Å²) in [5.41, 5.74) is 0.415. The minimum Gasteiger partial charge on any atom is -0.494 e. The van der Waals surface area contributed by atoms with E-state index in [1.165, 1.54) is 0 Å². The first-order valence-corrected chi connectivity index (χ1v) is 11.8. The van der Waals surface area contributed by atoms with Crippen molar-refractivity contribution in [3.63, 3.8) is 0 Å². The Kier molecular flexibility index (Phi) is 22.7. The third kappa shape index (κ3) is 15.4. The van der Waals surface area contributed by atoms with Gasteiger partial charge < -0.3 is 29.1 Å². The van der Waals surface area contributed by atoms with Crippen LogP contribution < -0.4 is 4.74 Å². The van der Waals surface area contributed by atoms with Crippen LogP contribution in [0.1, 0.15) is 65.2 Å². The SMILES string of the molecule is [2H]OCC(CCCCOc1ccc(C(O)O)cc1)OP(OCCC#N)N(C(C)C)C(C)C.[Ac].[Ac]. The van der Waals surface area contributed by atoms with Gasteiger partial charge in [0.1, 0.15) is 5.75 Å². The Morgan fingerprint density at radius 3 is 2.21 bits per heavy atom. The predicted octanol–water partition coefficient (Wildman–Crippen LogP) is 3.87. The number of nitrogens with zero attached hydrogens (tertiary/aromatic N) is 2. The van der Waals surface area contributed by atoms with Crippen LogP contribution in [0.5, 0.6) is 5.75 Å². The normalized spacial score (nSPS) is 13.3. The van der Waals surface area contributed by atoms with Crippen molar-refractivity contribution < 1.29 is 117 Å². The largest absolute Gasteiger partial charge is 0.494 e. The molecule has 3 N–H and O–H groups in total. The van der Waals surface area contributed by atoms with Crippen molar-refractivity contribution in [2.45, 2.75) is 77.9 Å². The summed E-state index contributed by atoms with van der Waals surface area (Å²) in [4.78, 5) is 0. The maximum absolute atomic E-state index is 9.13. The Labute approximate surface area is 272 Å². The van der Waals surface area contributed by atoms with E-state index >= 15 is 0 Å². The second-order valence-electron chi connectivity index (χ2n) is 7.73. The van der Waals surface area contributed by atoms with E-state index in [1.54, 1.807) is 24.3 Å². The minimum absolute atomic E-state index is 0. The fraction of sp³-hybridized carbons (Fsp3) is 0.682. The Balaban J connectivity index is 0. The summed E-state index contributed by atoms with van der Waals surface area (Å²) < 4.78 is 27.2. The summed E-state index contributed by atoms with van der Waals surface area (Å²) in [5.74, 6) is 0.663. The van der Waals surface area contributed by atoms with Gasteiger partial charge in [-0.2, -0.15) is 5.26 Å². The maximum Gasteiger partial charge on any atom is 0.259 e. The molecular formula is C22H37Ac2N2O6P. The van der Waals surface area contributed by atoms with Crippen molar-refractivity contribution in [2.24, 2.45) is 0 Å². The number of aliphatic hydroxyl groups excluding tert-OH is 2. The third-order valence-corrected chi connectivity index (χ3v) is 6.64. The van der Waals surface area contributed by atoms with Crippen LogP contribution in [0.25, 0.3) is 0 Å². The Bertz CT molecular complexity index is 660. The molecule has 33 heavy (non-hydrogen) atoms. The summed E-state index contributed by atoms with van der Waals surface area (Å²) in [5, 5.41) is 31.7. The topological polar surface area (TPSA) is 115 Å². The number of benzene rings is 1. The van der Waals surface area contributed by atoms with E-state index in [1.807, 2.05) is 0 Å². The van der Waals surface area contributed by atoms with Crippen LogP contribution in [-0.2, 0) is 9.05 Å². The summed E-state index contributed by atoms with van der Waals surface area (Å²) in [6.45, 7) is 9.25. The zero-order chi connectivity index (χ0) is 23.9. The molecule has 2 radical (unpaired) electrons. The third-order valence-electron chi connectivity index (χ3n) is 4.45. The first kappa shape index (κ1) is 34.6. The van der Waals surface area contributed by atoms with Crippen LogP contribution in [0, 0.1) is 99.5 Å². The van der Waals surface area contributed by atoms with Gasteiger partial charge in [0.15, 0.2) is 6.29 Å². The number of nitriles is 1. The molecule has 1 aromatic rings. The van der Waals surface area contributed by atoms with Crippen molar-refractivity contribution in [1.82, 2.24) is 4.67 Å². The summed E-state index contributed by atoms with van der Waals surface area (Å²) in [7, 11) is -1.39. The molecule has 0 bridgehead atoms. The van der Waals surface area contributed by atoms with Gasteiger partial charge in [-0.25, -0.2) is 4.67 Å². The first-order valence-electron chi connectivity index (χ1n) is 11.1. The molecular weight excluding hydrogens is 873 g/mol. The Morgan fingerprint density at radius 2 is 1.70 bits per heavy atom. The van der Waals surface area contributed by atoms with Crippen molar-refractivity contribution in [1.29, 1.82) is 6.69 Å². The molecule has 11 heteroatoms. The summed E-state index contributed by atoms with van der Waals surface area (Å²) in [6.07, 6.45) is 0.784. The van der Waals surface area contributed by atoms with Gasteiger partial charge in [-0.3, -0.25) is 0 Å². The van der Waals surface area contributed by atoms with Crippen molar-refractivity contribution in [3.8, 4) is 11.8 Å². The molecule has 2 atom stereocenters. The van der Waals surface area contributed by atoms with Crippen molar-refractivity contribution in [2.75, 3.05) is 19.8 Å². The fourth-order valence-corrected chi connectivity index (χ4v) is 4.71. The van der Waals surface area contributed by atoms with Gasteiger partial charge in [0.2, 0.25) is 1.43 Å². The maximum atomic E-state index is 9.13. The van der Waals surface area contributed by atoms with E-state index in [2.05, 4.69) is 43.5 Å². The molecule has 2 unspecified atom stereocenters. The van der Waals surface area contributed by atoms with Gasteiger partial charge in [0.25, 0.3) is 8.53 Å². The van der Waals surface area contributed by atoms with Crippen LogP contribution in [0.2, 0.25) is 0 Å². The number of hydrogen-bond donors (Lipinski definition) is 3. The molecule has 0 saturated heterocycles. The van der Waals surface area contributed by atoms with Gasteiger partial charge in [-0.1, -0.05) is 12.1 Å². The van der Waals surface area contributed by atoms with E-state index < -0.39 is 14.8 Å². The molecule has 0 spiro atoms. The van der Waals surface area contributed by atoms with Gasteiger partial charge in [-0.15, -0.1) is 0 Å². The van der Waals surface area contributed by atoms with Crippen molar-refractivity contribution in [3.05, 3.63) is 29.8 Å². The number of ether oxygens (including phenoxy) is 1. The molecule has 0 saturated carbocycles. The van der Waals surface area contributed by atoms with E-state index in [0.29, 0.717) is 37.4 Å². The monoisotopic (exact) mass is 911 g/mol. The molecule has 1 rings (SSSR count). The Hall–Kier alpha value is 1.58. The minimum atomic E-state index is -1.49. The number of aliphatic hydroxyl groups is 3. The van der Waals surface area contributed by atoms with Crippen LogP contribution >= 0.6 is 8.53 Å². The predicted molar refractivity (Wildman–Crippen MR) is 120 cm³/mol. The van der Waals surface area contributed by atoms with E-state index in [4.69, 9.17) is 30.7 Å². The van der Waals surface area contributed by atoms with Crippen LogP contribution in [0.4, 0.5) is 0 Å². The fourth-order valence-electron chi connectivity index (χ4n) is 2.99. The number of rotatable bonds is 17. The molecule has 0 aliphatic heterocycles. The average Bonchev–Trinajstić information content (AvgIpc) is 2.73. The summed E-state index contributed by atoms with van der Waals surface area (Å²) >= 11 is 0. The molecule has 8 nitrogen and oxygen atoms in total. The Morgan fingerprint density at radius 1 is 1.06 bits per heavy atom. The molecule has 0 aliphatic carbocycles. The molecule has 1 aromatic carbocycles. The van der Waals surface area contributed by atoms with Gasteiger partial charge >= 0.3 is 0 Å². The van der Waals surface area contributed by atoms with Crippen LogP contribution in [-0.4, -0.2) is 59.4 Å². The number of unbranched alkanes of at least 4 members (excludes halogenated alkanes) is 1. The quantitative estimate of drug-likeness (QED) is 0.123. The van der Waals surface area contributed by atoms with E-state index in [-0.39, 0.29) is 113 Å². The standard InChI is InChI=1S/C22H37N2O6P.2Ac/c1-17(2)24(18(3)4)31(29-15-7-13-23)30-21(16-25)8-5-6-14-28-20-11-9-19(10-12-20)22(26)27;;/h9-12,17-18,21-22,25-27H,5-8,14-16H2,1-4H3;;/i25D;;.